The highest BCUT2D eigenvalue weighted by Gasteiger charge is 2.44. The Kier molecular flexibility index (Phi) is 13.0. The van der Waals surface area contributed by atoms with Crippen LogP contribution < -0.4 is 16.0 Å². The number of hydrogen-bond acceptors (Lipinski definition) is 13. The molecule has 1 unspecified atom stereocenters. The van der Waals surface area contributed by atoms with Gasteiger partial charge < -0.3 is 20.1 Å². The van der Waals surface area contributed by atoms with Crippen LogP contribution in [0.25, 0.3) is 33.4 Å². The van der Waals surface area contributed by atoms with Crippen molar-refractivity contribution in [2.24, 2.45) is 0 Å². The molecule has 0 aliphatic carbocycles. The van der Waals surface area contributed by atoms with E-state index < -0.39 is 41.3 Å². The van der Waals surface area contributed by atoms with E-state index >= 15 is 8.78 Å². The van der Waals surface area contributed by atoms with E-state index in [0.29, 0.717) is 99.2 Å². The molecule has 6 heterocycles. The first-order valence-corrected chi connectivity index (χ1v) is 21.8. The SMILES string of the molecule is O=C(CN1CCC(n2cc(-c3cnc4cccc(-c5cc(F)c(CN6CCOCC6)c(F)c5)c4n3)cn2)CC1)NCCOCCNc1ccc2c(c1)C(=O)N(C1CCC(=O)NC1=O)C2=O. The number of aromatic nitrogens is 4. The van der Waals surface area contributed by atoms with Gasteiger partial charge in [-0.15, -0.1) is 0 Å². The minimum absolute atomic E-state index is 0.0372. The van der Waals surface area contributed by atoms with Crippen molar-refractivity contribution >= 4 is 46.3 Å². The van der Waals surface area contributed by atoms with E-state index in [1.165, 1.54) is 12.1 Å². The van der Waals surface area contributed by atoms with Crippen LogP contribution in [0.15, 0.2) is 67.1 Å². The predicted octanol–water partition coefficient (Wildman–Crippen LogP) is 3.55. The van der Waals surface area contributed by atoms with Gasteiger partial charge in [0.25, 0.3) is 11.8 Å². The molecule has 1 atom stereocenters. The number of carbonyl (C=O) groups excluding carboxylic acids is 5. The Morgan fingerprint density at radius 3 is 2.40 bits per heavy atom. The number of anilines is 1. The normalized spacial score (nSPS) is 18.6. The molecule has 5 aromatic rings. The fraction of sp³-hybridized carbons (Fsp3) is 0.391. The van der Waals surface area contributed by atoms with Crippen molar-refractivity contribution in [3.63, 3.8) is 0 Å². The van der Waals surface area contributed by atoms with Crippen LogP contribution in [-0.2, 0) is 30.4 Å². The number of halogens is 2. The van der Waals surface area contributed by atoms with Gasteiger partial charge in [-0.3, -0.25) is 53.7 Å². The van der Waals surface area contributed by atoms with E-state index in [4.69, 9.17) is 14.5 Å². The van der Waals surface area contributed by atoms with Crippen LogP contribution in [0.2, 0.25) is 0 Å². The lowest BCUT2D eigenvalue weighted by Gasteiger charge is -2.31. The molecule has 3 aromatic carbocycles. The number of para-hydroxylation sites is 1. The molecule has 3 fully saturated rings. The van der Waals surface area contributed by atoms with Gasteiger partial charge in [0.2, 0.25) is 17.7 Å². The zero-order valence-electron chi connectivity index (χ0n) is 35.6. The molecule has 65 heavy (non-hydrogen) atoms. The number of benzene rings is 3. The number of rotatable bonds is 15. The van der Waals surface area contributed by atoms with Crippen molar-refractivity contribution in [2.75, 3.05) is 77.6 Å². The second-order valence-corrected chi connectivity index (χ2v) is 16.5. The zero-order valence-corrected chi connectivity index (χ0v) is 35.6. The number of carbonyl (C=O) groups is 5. The molecular weight excluding hydrogens is 843 g/mol. The minimum atomic E-state index is -1.02. The van der Waals surface area contributed by atoms with Crippen LogP contribution in [0.1, 0.15) is 58.0 Å². The quantitative estimate of drug-likeness (QED) is 0.102. The van der Waals surface area contributed by atoms with Gasteiger partial charge in [-0.2, -0.15) is 5.10 Å². The second kappa shape index (κ2) is 19.3. The number of hydrogen-bond donors (Lipinski definition) is 3. The topological polar surface area (TPSA) is 193 Å². The standard InChI is InChI=1S/C46H48F2N10O7/c47-36-20-28(21-37(48)35(36)26-56-14-18-65-19-15-56)32-2-1-3-38-43(32)53-39(24-51-38)29-23-52-57(25-29)31-8-12-55(13-9-31)27-42(60)50-11-17-64-16-10-49-30-4-5-33-34(22-30)46(63)58(45(33)62)40-6-7-41(59)54-44(40)61/h1-5,20-25,31,40,49H,6-19,26-27H2,(H,50,60)(H,54,59,61). The van der Waals surface area contributed by atoms with E-state index in [9.17, 15) is 24.0 Å². The third-order valence-electron chi connectivity index (χ3n) is 12.3. The average Bonchev–Trinajstić information content (AvgIpc) is 3.90. The summed E-state index contributed by atoms with van der Waals surface area (Å²) in [7, 11) is 0. The monoisotopic (exact) mass is 890 g/mol. The Bertz CT molecular complexity index is 2620. The Balaban J connectivity index is 0.704. The summed E-state index contributed by atoms with van der Waals surface area (Å²) in [5, 5.41) is 12.9. The van der Waals surface area contributed by atoms with Crippen molar-refractivity contribution in [2.45, 2.75) is 44.3 Å². The van der Waals surface area contributed by atoms with Crippen LogP contribution in [0.5, 0.6) is 0 Å². The van der Waals surface area contributed by atoms with E-state index in [1.807, 2.05) is 21.8 Å². The molecule has 0 saturated carbocycles. The summed E-state index contributed by atoms with van der Waals surface area (Å²) in [6, 6.07) is 12.0. The molecule has 0 radical (unpaired) electrons. The lowest BCUT2D eigenvalue weighted by atomic mass is 10.0. The summed E-state index contributed by atoms with van der Waals surface area (Å²) in [4.78, 5) is 77.2. The average molecular weight is 891 g/mol. The summed E-state index contributed by atoms with van der Waals surface area (Å²) in [6.07, 6.45) is 7.09. The molecule has 4 aliphatic heterocycles. The van der Waals surface area contributed by atoms with Gasteiger partial charge in [-0.05, 0) is 61.2 Å². The number of imide groups is 2. The predicted molar refractivity (Wildman–Crippen MR) is 232 cm³/mol. The third kappa shape index (κ3) is 9.63. The molecule has 0 spiro atoms. The molecule has 17 nitrogen and oxygen atoms in total. The smallest absolute Gasteiger partial charge is 0.262 e. The molecule has 19 heteroatoms. The van der Waals surface area contributed by atoms with Gasteiger partial charge >= 0.3 is 0 Å². The van der Waals surface area contributed by atoms with Crippen LogP contribution in [0.3, 0.4) is 0 Å². The van der Waals surface area contributed by atoms with Crippen molar-refractivity contribution in [1.29, 1.82) is 0 Å². The van der Waals surface area contributed by atoms with E-state index in [1.54, 1.807) is 42.7 Å². The first-order chi connectivity index (χ1) is 31.6. The van der Waals surface area contributed by atoms with E-state index in [2.05, 4.69) is 30.9 Å². The lowest BCUT2D eigenvalue weighted by molar-refractivity contribution is -0.136. The highest BCUT2D eigenvalue weighted by molar-refractivity contribution is 6.23. The Labute approximate surface area is 372 Å². The van der Waals surface area contributed by atoms with Gasteiger partial charge in [0.05, 0.1) is 79.3 Å². The van der Waals surface area contributed by atoms with Crippen LogP contribution in [-0.4, -0.2) is 142 Å². The number of amides is 5. The Morgan fingerprint density at radius 1 is 0.846 bits per heavy atom. The van der Waals surface area contributed by atoms with Crippen molar-refractivity contribution < 1.29 is 42.2 Å². The molecule has 9 rings (SSSR count). The van der Waals surface area contributed by atoms with Crippen molar-refractivity contribution in [3.8, 4) is 22.4 Å². The van der Waals surface area contributed by atoms with Crippen LogP contribution in [0.4, 0.5) is 14.5 Å². The molecule has 338 valence electrons. The number of piperidine rings is 2. The minimum Gasteiger partial charge on any atom is -0.383 e. The maximum Gasteiger partial charge on any atom is 0.262 e. The van der Waals surface area contributed by atoms with Gasteiger partial charge in [0, 0.05) is 80.8 Å². The maximum absolute atomic E-state index is 15.4. The fourth-order valence-electron chi connectivity index (χ4n) is 8.78. The number of fused-ring (bicyclic) bond motifs is 2. The van der Waals surface area contributed by atoms with Gasteiger partial charge in [-0.1, -0.05) is 12.1 Å². The van der Waals surface area contributed by atoms with Crippen LogP contribution >= 0.6 is 0 Å². The Hall–Kier alpha value is -6.54. The second-order valence-electron chi connectivity index (χ2n) is 16.5. The van der Waals surface area contributed by atoms with E-state index in [0.717, 1.165) is 23.3 Å². The summed E-state index contributed by atoms with van der Waals surface area (Å²) in [5.41, 5.74) is 4.49. The molecule has 4 aliphatic rings. The van der Waals surface area contributed by atoms with Gasteiger partial charge in [-0.25, -0.2) is 13.8 Å². The molecular formula is C46H48F2N10O7. The molecule has 3 N–H and O–H groups in total. The summed E-state index contributed by atoms with van der Waals surface area (Å²) in [6.45, 7) is 5.56. The van der Waals surface area contributed by atoms with Crippen molar-refractivity contribution in [3.05, 3.63) is 95.4 Å². The molecule has 0 bridgehead atoms. The molecule has 3 saturated heterocycles. The molecule has 2 aromatic heterocycles. The van der Waals surface area contributed by atoms with E-state index in [-0.39, 0.29) is 54.6 Å². The number of nitrogens with one attached hydrogen (secondary N) is 3. The highest BCUT2D eigenvalue weighted by atomic mass is 19.1. The summed E-state index contributed by atoms with van der Waals surface area (Å²) in [5.74, 6) is -3.52. The van der Waals surface area contributed by atoms with Crippen LogP contribution in [0, 0.1) is 11.6 Å². The lowest BCUT2D eigenvalue weighted by Crippen LogP contribution is -2.54. The summed E-state index contributed by atoms with van der Waals surface area (Å²) >= 11 is 0. The number of likely N-dealkylation sites (tertiary alicyclic amines) is 1. The number of morpholine rings is 1. The van der Waals surface area contributed by atoms with Gasteiger partial charge in [0.15, 0.2) is 0 Å². The number of nitrogens with zero attached hydrogens (tertiary/aromatic N) is 7. The van der Waals surface area contributed by atoms with Crippen molar-refractivity contribution in [1.82, 2.24) is 45.1 Å². The fourth-order valence-corrected chi connectivity index (χ4v) is 8.78. The third-order valence-corrected chi connectivity index (χ3v) is 12.3. The largest absolute Gasteiger partial charge is 0.383 e. The first-order valence-electron chi connectivity index (χ1n) is 21.8. The van der Waals surface area contributed by atoms with Gasteiger partial charge in [0.1, 0.15) is 17.7 Å². The first kappa shape index (κ1) is 43.7. The summed E-state index contributed by atoms with van der Waals surface area (Å²) < 4.78 is 43.8. The zero-order chi connectivity index (χ0) is 45.0. The highest BCUT2D eigenvalue weighted by Crippen LogP contribution is 2.33. The Morgan fingerprint density at radius 2 is 1.62 bits per heavy atom. The molecule has 5 amide bonds. The maximum atomic E-state index is 15.4. The number of ether oxygens (including phenoxy) is 2.